The number of aliphatic hydroxyl groups excluding tert-OH is 2. The van der Waals surface area contributed by atoms with Crippen LogP contribution in [0.4, 0.5) is 0 Å². The van der Waals surface area contributed by atoms with Crippen LogP contribution in [0.2, 0.25) is 0 Å². The minimum Gasteiger partial charge on any atom is -0.466 e. The molecule has 2 unspecified atom stereocenters. The zero-order valence-corrected chi connectivity index (χ0v) is 56.7. The molecule has 6 nitrogen and oxygen atoms in total. The SMILES string of the molecule is CCCCCCCCCCCCCCCCCCCCCCC/C=C/C(O)C(CO)NC(=O)CCCCCCCCCCCCCCCCCCCCCCCCCCCCOC(=O)CCCCCCCCCCCCCCCCCCC. The lowest BCUT2D eigenvalue weighted by atomic mass is 10.0. The zero-order valence-electron chi connectivity index (χ0n) is 56.7. The number of unbranched alkanes of at least 4 members (excludes halogenated alkanes) is 62. The Kier molecular flexibility index (Phi) is 71.8. The quantitative estimate of drug-likeness (QED) is 0.0320. The van der Waals surface area contributed by atoms with E-state index in [4.69, 9.17) is 4.74 Å². The monoisotopic (exact) mass is 1170 g/mol. The van der Waals surface area contributed by atoms with E-state index in [1.807, 2.05) is 6.08 Å². The summed E-state index contributed by atoms with van der Waals surface area (Å²) in [5.74, 6) is -0.0380. The van der Waals surface area contributed by atoms with Gasteiger partial charge < -0.3 is 20.3 Å². The van der Waals surface area contributed by atoms with Gasteiger partial charge in [0.1, 0.15) is 0 Å². The molecule has 0 saturated heterocycles. The maximum atomic E-state index is 12.5. The summed E-state index contributed by atoms with van der Waals surface area (Å²) < 4.78 is 5.51. The predicted octanol–water partition coefficient (Wildman–Crippen LogP) is 25.1. The average molecular weight is 1170 g/mol. The molecule has 0 radical (unpaired) electrons. The second-order valence-electron chi connectivity index (χ2n) is 26.7. The number of carbonyl (C=O) groups is 2. The molecule has 0 aromatic carbocycles. The molecule has 0 saturated carbocycles. The number of hydrogen-bond donors (Lipinski definition) is 3. The maximum absolute atomic E-state index is 12.5. The summed E-state index contributed by atoms with van der Waals surface area (Å²) >= 11 is 0. The van der Waals surface area contributed by atoms with Gasteiger partial charge in [0.05, 0.1) is 25.4 Å². The van der Waals surface area contributed by atoms with Crippen LogP contribution in [-0.4, -0.2) is 47.4 Å². The van der Waals surface area contributed by atoms with E-state index < -0.39 is 12.1 Å². The van der Waals surface area contributed by atoms with Crippen LogP contribution in [-0.2, 0) is 14.3 Å². The van der Waals surface area contributed by atoms with E-state index in [0.29, 0.717) is 19.4 Å². The minimum absolute atomic E-state index is 0.0222. The Morgan fingerprint density at radius 1 is 0.325 bits per heavy atom. The second-order valence-corrected chi connectivity index (χ2v) is 26.7. The highest BCUT2D eigenvalue weighted by atomic mass is 16.5. The van der Waals surface area contributed by atoms with Crippen LogP contribution in [0.1, 0.15) is 444 Å². The van der Waals surface area contributed by atoms with Crippen LogP contribution < -0.4 is 5.32 Å². The summed E-state index contributed by atoms with van der Waals surface area (Å²) in [7, 11) is 0. The van der Waals surface area contributed by atoms with Crippen LogP contribution in [0.25, 0.3) is 0 Å². The third-order valence-electron chi connectivity index (χ3n) is 18.3. The molecule has 0 fully saturated rings. The van der Waals surface area contributed by atoms with Crippen molar-refractivity contribution in [3.63, 3.8) is 0 Å². The van der Waals surface area contributed by atoms with Crippen LogP contribution in [0.3, 0.4) is 0 Å². The molecule has 0 rings (SSSR count). The number of rotatable bonds is 73. The van der Waals surface area contributed by atoms with Crippen molar-refractivity contribution in [2.24, 2.45) is 0 Å². The first-order valence-corrected chi connectivity index (χ1v) is 38.5. The van der Waals surface area contributed by atoms with Crippen LogP contribution >= 0.6 is 0 Å². The molecule has 0 aliphatic carbocycles. The molecular formula is C77H151NO5. The van der Waals surface area contributed by atoms with E-state index in [0.717, 1.165) is 38.5 Å². The molecule has 0 spiro atoms. The standard InChI is InChI=1S/C77H151NO5/c1-3-5-7-9-11-13-15-17-19-21-22-23-28-31-34-38-41-45-49-53-57-61-65-69-75(80)74(73-79)78-76(81)70-66-62-58-54-50-46-42-39-35-32-29-26-24-25-27-30-33-36-40-44-48-52-56-60-64-68-72-83-77(82)71-67-63-59-55-51-47-43-37-20-18-16-14-12-10-8-6-4-2/h65,69,74-75,79-80H,3-64,66-68,70-73H2,1-2H3,(H,78,81)/b69-65+. The Morgan fingerprint density at radius 3 is 0.819 bits per heavy atom. The van der Waals surface area contributed by atoms with Crippen molar-refractivity contribution in [2.45, 2.75) is 456 Å². The number of amides is 1. The molecule has 0 aromatic rings. The Balaban J connectivity index is 3.36. The molecule has 83 heavy (non-hydrogen) atoms. The van der Waals surface area contributed by atoms with Gasteiger partial charge in [-0.25, -0.2) is 0 Å². The Bertz CT molecular complexity index is 1260. The second kappa shape index (κ2) is 73.1. The molecule has 3 N–H and O–H groups in total. The number of nitrogens with one attached hydrogen (secondary N) is 1. The lowest BCUT2D eigenvalue weighted by Gasteiger charge is -2.20. The maximum Gasteiger partial charge on any atom is 0.305 e. The van der Waals surface area contributed by atoms with Gasteiger partial charge in [0.2, 0.25) is 5.91 Å². The lowest BCUT2D eigenvalue weighted by molar-refractivity contribution is -0.143. The first-order valence-electron chi connectivity index (χ1n) is 38.5. The van der Waals surface area contributed by atoms with E-state index in [-0.39, 0.29) is 18.5 Å². The third-order valence-corrected chi connectivity index (χ3v) is 18.3. The summed E-state index contributed by atoms with van der Waals surface area (Å²) in [4.78, 5) is 24.7. The molecule has 2 atom stereocenters. The summed E-state index contributed by atoms with van der Waals surface area (Å²) in [5.41, 5.74) is 0. The number of allylic oxidation sites excluding steroid dienone is 1. The lowest BCUT2D eigenvalue weighted by Crippen LogP contribution is -2.45. The molecule has 1 amide bonds. The fourth-order valence-electron chi connectivity index (χ4n) is 12.5. The topological polar surface area (TPSA) is 95.9 Å². The average Bonchev–Trinajstić information content (AvgIpc) is 3.49. The van der Waals surface area contributed by atoms with E-state index in [2.05, 4.69) is 19.2 Å². The largest absolute Gasteiger partial charge is 0.466 e. The number of hydrogen-bond acceptors (Lipinski definition) is 5. The molecule has 6 heteroatoms. The molecule has 0 aromatic heterocycles. The van der Waals surface area contributed by atoms with Gasteiger partial charge in [0.15, 0.2) is 0 Å². The van der Waals surface area contributed by atoms with Gasteiger partial charge in [0.25, 0.3) is 0 Å². The summed E-state index contributed by atoms with van der Waals surface area (Å²) in [6.45, 7) is 4.96. The first kappa shape index (κ1) is 81.6. The van der Waals surface area contributed by atoms with Crippen LogP contribution in [0.15, 0.2) is 12.2 Å². The molecule has 0 bridgehead atoms. The van der Waals surface area contributed by atoms with E-state index in [1.54, 1.807) is 6.08 Å². The number of esters is 1. The van der Waals surface area contributed by atoms with Gasteiger partial charge in [-0.15, -0.1) is 0 Å². The van der Waals surface area contributed by atoms with Crippen molar-refractivity contribution in [3.8, 4) is 0 Å². The van der Waals surface area contributed by atoms with Crippen molar-refractivity contribution in [3.05, 3.63) is 12.2 Å². The Hall–Kier alpha value is -1.40. The van der Waals surface area contributed by atoms with Crippen LogP contribution in [0.5, 0.6) is 0 Å². The van der Waals surface area contributed by atoms with E-state index >= 15 is 0 Å². The summed E-state index contributed by atoms with van der Waals surface area (Å²) in [6.07, 6.45) is 91.7. The van der Waals surface area contributed by atoms with Gasteiger partial charge in [-0.2, -0.15) is 0 Å². The van der Waals surface area contributed by atoms with Gasteiger partial charge >= 0.3 is 5.97 Å². The van der Waals surface area contributed by atoms with Gasteiger partial charge in [-0.05, 0) is 32.1 Å². The highest BCUT2D eigenvalue weighted by Crippen LogP contribution is 2.20. The predicted molar refractivity (Wildman–Crippen MR) is 366 cm³/mol. The zero-order chi connectivity index (χ0) is 59.9. The third kappa shape index (κ3) is 69.6. The van der Waals surface area contributed by atoms with Crippen molar-refractivity contribution in [2.75, 3.05) is 13.2 Å². The molecule has 0 heterocycles. The fraction of sp³-hybridized carbons (Fsp3) is 0.948. The van der Waals surface area contributed by atoms with Crippen molar-refractivity contribution >= 4 is 11.9 Å². The van der Waals surface area contributed by atoms with Crippen molar-refractivity contribution < 1.29 is 24.5 Å². The highest BCUT2D eigenvalue weighted by Gasteiger charge is 2.18. The molecule has 0 aliphatic rings. The Labute approximate surface area is 520 Å². The first-order chi connectivity index (χ1) is 41.0. The van der Waals surface area contributed by atoms with E-state index in [9.17, 15) is 19.8 Å². The van der Waals surface area contributed by atoms with E-state index in [1.165, 1.54) is 379 Å². The fourth-order valence-corrected chi connectivity index (χ4v) is 12.5. The molecular weight excluding hydrogens is 1020 g/mol. The normalized spacial score (nSPS) is 12.5. The van der Waals surface area contributed by atoms with Crippen molar-refractivity contribution in [1.82, 2.24) is 5.32 Å². The van der Waals surface area contributed by atoms with Gasteiger partial charge in [-0.3, -0.25) is 9.59 Å². The van der Waals surface area contributed by atoms with Crippen molar-refractivity contribution in [1.29, 1.82) is 0 Å². The Morgan fingerprint density at radius 2 is 0.554 bits per heavy atom. The minimum atomic E-state index is -0.844. The van der Waals surface area contributed by atoms with Crippen LogP contribution in [0, 0.1) is 0 Å². The van der Waals surface area contributed by atoms with Gasteiger partial charge in [-0.1, -0.05) is 411 Å². The number of ether oxygens (including phenoxy) is 1. The summed E-state index contributed by atoms with van der Waals surface area (Å²) in [5, 5.41) is 23.3. The number of carbonyl (C=O) groups excluding carboxylic acids is 2. The number of aliphatic hydroxyl groups is 2. The van der Waals surface area contributed by atoms with Gasteiger partial charge in [0, 0.05) is 12.8 Å². The highest BCUT2D eigenvalue weighted by molar-refractivity contribution is 5.76. The smallest absolute Gasteiger partial charge is 0.305 e. The molecule has 494 valence electrons. The molecule has 0 aliphatic heterocycles. The summed E-state index contributed by atoms with van der Waals surface area (Å²) in [6, 6.07) is -0.627.